The molecule has 4 aromatic rings. The van der Waals surface area contributed by atoms with E-state index in [1.165, 1.54) is 0 Å². The molecule has 146 valence electrons. The molecule has 0 bridgehead atoms. The second kappa shape index (κ2) is 7.29. The number of benzene rings is 1. The van der Waals surface area contributed by atoms with Crippen LogP contribution in [0.5, 0.6) is 0 Å². The van der Waals surface area contributed by atoms with E-state index in [1.807, 2.05) is 35.7 Å². The number of rotatable bonds is 3. The standard InChI is InChI=1S/C21H19N5O2S/c27-20-15-6-1-2-7-16(15)22-13-26(20)14-5-3-9-25(12-14)21(28)18-11-17(23-24-18)19-8-4-10-29-19/h1-2,4,6-8,10-11,13-14H,3,5,9,12H2,(H,23,24). The average molecular weight is 405 g/mol. The molecule has 7 nitrogen and oxygen atoms in total. The molecule has 1 atom stereocenters. The van der Waals surface area contributed by atoms with Gasteiger partial charge in [-0.3, -0.25) is 19.3 Å². The van der Waals surface area contributed by atoms with Crippen molar-refractivity contribution in [3.8, 4) is 10.6 Å². The van der Waals surface area contributed by atoms with Crippen LogP contribution in [0.2, 0.25) is 0 Å². The quantitative estimate of drug-likeness (QED) is 0.567. The normalized spacial score (nSPS) is 17.0. The SMILES string of the molecule is O=C(c1cc(-c2cccs2)[nH]n1)N1CCCC(n2cnc3ccccc3c2=O)C1. The summed E-state index contributed by atoms with van der Waals surface area (Å²) >= 11 is 1.60. The molecular formula is C21H19N5O2S. The largest absolute Gasteiger partial charge is 0.335 e. The van der Waals surface area contributed by atoms with Crippen LogP contribution in [-0.2, 0) is 0 Å². The molecule has 0 aliphatic carbocycles. The Balaban J connectivity index is 1.39. The van der Waals surface area contributed by atoms with Crippen molar-refractivity contribution in [2.45, 2.75) is 18.9 Å². The summed E-state index contributed by atoms with van der Waals surface area (Å²) in [6.07, 6.45) is 3.27. The van der Waals surface area contributed by atoms with E-state index < -0.39 is 0 Å². The maximum absolute atomic E-state index is 13.0. The Hall–Kier alpha value is -3.26. The van der Waals surface area contributed by atoms with Crippen LogP contribution in [0.15, 0.2) is 59.0 Å². The number of nitrogens with zero attached hydrogens (tertiary/aromatic N) is 4. The highest BCUT2D eigenvalue weighted by Gasteiger charge is 2.28. The number of hydrogen-bond donors (Lipinski definition) is 1. The van der Waals surface area contributed by atoms with E-state index >= 15 is 0 Å². The van der Waals surface area contributed by atoms with E-state index in [0.717, 1.165) is 23.4 Å². The third kappa shape index (κ3) is 3.25. The molecule has 1 fully saturated rings. The van der Waals surface area contributed by atoms with Gasteiger partial charge in [0.05, 0.1) is 33.8 Å². The fourth-order valence-electron chi connectivity index (χ4n) is 3.86. The molecule has 1 unspecified atom stereocenters. The minimum atomic E-state index is -0.115. The lowest BCUT2D eigenvalue weighted by atomic mass is 10.0. The number of hydrogen-bond acceptors (Lipinski definition) is 5. The van der Waals surface area contributed by atoms with Crippen LogP contribution in [0.3, 0.4) is 0 Å². The molecule has 1 amide bonds. The number of fused-ring (bicyclic) bond motifs is 1. The molecule has 1 N–H and O–H groups in total. The molecule has 8 heteroatoms. The minimum Gasteiger partial charge on any atom is -0.335 e. The van der Waals surface area contributed by atoms with Gasteiger partial charge in [-0.15, -0.1) is 11.3 Å². The second-order valence-electron chi connectivity index (χ2n) is 7.17. The van der Waals surface area contributed by atoms with Crippen molar-refractivity contribution in [1.82, 2.24) is 24.6 Å². The number of amides is 1. The maximum Gasteiger partial charge on any atom is 0.274 e. The van der Waals surface area contributed by atoms with Gasteiger partial charge in [0.2, 0.25) is 0 Å². The van der Waals surface area contributed by atoms with E-state index in [0.29, 0.717) is 29.7 Å². The van der Waals surface area contributed by atoms with Crippen LogP contribution < -0.4 is 5.56 Å². The van der Waals surface area contributed by atoms with Gasteiger partial charge in [0.25, 0.3) is 11.5 Å². The van der Waals surface area contributed by atoms with Gasteiger partial charge in [-0.05, 0) is 42.5 Å². The fraction of sp³-hybridized carbons (Fsp3) is 0.238. The molecular weight excluding hydrogens is 386 g/mol. The molecule has 1 aliphatic rings. The first kappa shape index (κ1) is 17.8. The van der Waals surface area contributed by atoms with Gasteiger partial charge in [0, 0.05) is 13.1 Å². The van der Waals surface area contributed by atoms with Gasteiger partial charge in [0.1, 0.15) is 0 Å². The highest BCUT2D eigenvalue weighted by atomic mass is 32.1. The lowest BCUT2D eigenvalue weighted by Gasteiger charge is -2.33. The summed E-state index contributed by atoms with van der Waals surface area (Å²) in [6.45, 7) is 1.13. The number of thiophene rings is 1. The summed E-state index contributed by atoms with van der Waals surface area (Å²) in [6, 6.07) is 13.0. The lowest BCUT2D eigenvalue weighted by Crippen LogP contribution is -2.43. The maximum atomic E-state index is 13.0. The predicted molar refractivity (Wildman–Crippen MR) is 112 cm³/mol. The summed E-state index contributed by atoms with van der Waals surface area (Å²) in [5, 5.41) is 9.75. The molecule has 1 aliphatic heterocycles. The van der Waals surface area contributed by atoms with E-state index in [-0.39, 0.29) is 17.5 Å². The average Bonchev–Trinajstić information content (AvgIpc) is 3.46. The van der Waals surface area contributed by atoms with Crippen LogP contribution in [0.4, 0.5) is 0 Å². The zero-order valence-corrected chi connectivity index (χ0v) is 16.4. The Bertz CT molecular complexity index is 1230. The number of likely N-dealkylation sites (tertiary alicyclic amines) is 1. The molecule has 5 rings (SSSR count). The van der Waals surface area contributed by atoms with E-state index in [1.54, 1.807) is 39.3 Å². The van der Waals surface area contributed by atoms with Gasteiger partial charge < -0.3 is 4.90 Å². The van der Waals surface area contributed by atoms with Crippen molar-refractivity contribution in [1.29, 1.82) is 0 Å². The Kier molecular flexibility index (Phi) is 4.48. The number of carbonyl (C=O) groups is 1. The smallest absolute Gasteiger partial charge is 0.274 e. The third-order valence-electron chi connectivity index (χ3n) is 5.35. The van der Waals surface area contributed by atoms with Crippen LogP contribution in [0.1, 0.15) is 29.4 Å². The molecule has 1 aromatic carbocycles. The van der Waals surface area contributed by atoms with Gasteiger partial charge >= 0.3 is 0 Å². The first-order valence-corrected chi connectivity index (χ1v) is 10.4. The van der Waals surface area contributed by atoms with Crippen molar-refractivity contribution in [3.05, 3.63) is 70.2 Å². The summed E-state index contributed by atoms with van der Waals surface area (Å²) in [5.41, 5.74) is 1.87. The van der Waals surface area contributed by atoms with E-state index in [2.05, 4.69) is 15.2 Å². The summed E-state index contributed by atoms with van der Waals surface area (Å²) in [4.78, 5) is 33.2. The molecule has 0 spiro atoms. The Morgan fingerprint density at radius 3 is 2.97 bits per heavy atom. The molecule has 1 saturated heterocycles. The lowest BCUT2D eigenvalue weighted by molar-refractivity contribution is 0.0671. The van der Waals surface area contributed by atoms with Crippen molar-refractivity contribution in [2.24, 2.45) is 0 Å². The first-order chi connectivity index (χ1) is 14.2. The van der Waals surface area contributed by atoms with Gasteiger partial charge in [-0.1, -0.05) is 18.2 Å². The number of carbonyl (C=O) groups excluding carboxylic acids is 1. The van der Waals surface area contributed by atoms with Crippen LogP contribution >= 0.6 is 11.3 Å². The topological polar surface area (TPSA) is 83.9 Å². The Morgan fingerprint density at radius 1 is 1.21 bits per heavy atom. The summed E-state index contributed by atoms with van der Waals surface area (Å²) in [5.74, 6) is -0.115. The van der Waals surface area contributed by atoms with Crippen LogP contribution in [-0.4, -0.2) is 43.6 Å². The highest BCUT2D eigenvalue weighted by molar-refractivity contribution is 7.13. The van der Waals surface area contributed by atoms with Crippen LogP contribution in [0.25, 0.3) is 21.5 Å². The number of H-pyrrole nitrogens is 1. The Morgan fingerprint density at radius 2 is 2.10 bits per heavy atom. The van der Waals surface area contributed by atoms with Crippen molar-refractivity contribution < 1.29 is 4.79 Å². The fourth-order valence-corrected chi connectivity index (χ4v) is 4.55. The molecule has 3 aromatic heterocycles. The number of aromatic amines is 1. The zero-order valence-electron chi connectivity index (χ0n) is 15.6. The number of aromatic nitrogens is 4. The predicted octanol–water partition coefficient (Wildman–Crippen LogP) is 3.33. The molecule has 0 saturated carbocycles. The van der Waals surface area contributed by atoms with Crippen molar-refractivity contribution >= 4 is 28.1 Å². The van der Waals surface area contributed by atoms with Gasteiger partial charge in [-0.25, -0.2) is 4.98 Å². The van der Waals surface area contributed by atoms with Crippen LogP contribution in [0, 0.1) is 0 Å². The van der Waals surface area contributed by atoms with Crippen molar-refractivity contribution in [2.75, 3.05) is 13.1 Å². The molecule has 4 heterocycles. The summed E-state index contributed by atoms with van der Waals surface area (Å²) < 4.78 is 1.67. The number of nitrogens with one attached hydrogen (secondary N) is 1. The molecule has 0 radical (unpaired) electrons. The third-order valence-corrected chi connectivity index (χ3v) is 6.25. The van der Waals surface area contributed by atoms with Gasteiger partial charge in [0.15, 0.2) is 5.69 Å². The first-order valence-electron chi connectivity index (χ1n) is 9.55. The van der Waals surface area contributed by atoms with E-state index in [9.17, 15) is 9.59 Å². The Labute approximate surface area is 170 Å². The zero-order chi connectivity index (χ0) is 19.8. The number of para-hydroxylation sites is 1. The monoisotopic (exact) mass is 405 g/mol. The second-order valence-corrected chi connectivity index (χ2v) is 8.11. The minimum absolute atomic E-state index is 0.0605. The highest BCUT2D eigenvalue weighted by Crippen LogP contribution is 2.25. The molecule has 29 heavy (non-hydrogen) atoms. The van der Waals surface area contributed by atoms with Crippen molar-refractivity contribution in [3.63, 3.8) is 0 Å². The number of piperidine rings is 1. The summed E-state index contributed by atoms with van der Waals surface area (Å²) in [7, 11) is 0. The van der Waals surface area contributed by atoms with Gasteiger partial charge in [-0.2, -0.15) is 5.10 Å². The van der Waals surface area contributed by atoms with E-state index in [4.69, 9.17) is 0 Å².